The van der Waals surface area contributed by atoms with Crippen molar-refractivity contribution < 1.29 is 14.7 Å². The van der Waals surface area contributed by atoms with Crippen molar-refractivity contribution in [3.05, 3.63) is 29.8 Å². The minimum absolute atomic E-state index is 0.132. The number of likely N-dealkylation sites (tertiary alicyclic amines) is 1. The third-order valence-electron chi connectivity index (χ3n) is 4.66. The minimum Gasteiger partial charge on any atom is -0.396 e. The summed E-state index contributed by atoms with van der Waals surface area (Å²) in [6.07, 6.45) is 2.20. The first-order chi connectivity index (χ1) is 10.6. The van der Waals surface area contributed by atoms with Crippen LogP contribution in [0, 0.1) is 12.8 Å². The Morgan fingerprint density at radius 1 is 1.23 bits per heavy atom. The Hall–Kier alpha value is -1.72. The largest absolute Gasteiger partial charge is 0.396 e. The second kappa shape index (κ2) is 6.18. The van der Waals surface area contributed by atoms with Crippen LogP contribution in [-0.4, -0.2) is 47.6 Å². The molecule has 0 radical (unpaired) electrons. The molecule has 2 saturated heterocycles. The van der Waals surface area contributed by atoms with Crippen molar-refractivity contribution in [2.75, 3.05) is 24.6 Å². The predicted octanol–water partition coefficient (Wildman–Crippen LogP) is 1.33. The predicted molar refractivity (Wildman–Crippen MR) is 83.5 cm³/mol. The average Bonchev–Trinajstić information content (AvgIpc) is 2.83. The molecule has 2 fully saturated rings. The summed E-state index contributed by atoms with van der Waals surface area (Å²) in [4.78, 5) is 28.4. The second-order valence-electron chi connectivity index (χ2n) is 6.31. The van der Waals surface area contributed by atoms with Crippen molar-refractivity contribution in [3.63, 3.8) is 0 Å². The van der Waals surface area contributed by atoms with Crippen molar-refractivity contribution in [1.29, 1.82) is 0 Å². The molecule has 5 nitrogen and oxygen atoms in total. The summed E-state index contributed by atoms with van der Waals surface area (Å²) in [7, 11) is 0. The number of carbonyl (C=O) groups is 2. The van der Waals surface area contributed by atoms with Crippen molar-refractivity contribution >= 4 is 17.5 Å². The molecule has 1 aromatic rings. The van der Waals surface area contributed by atoms with Gasteiger partial charge in [0.15, 0.2) is 0 Å². The number of hydrogen-bond donors (Lipinski definition) is 1. The molecule has 0 bridgehead atoms. The molecule has 1 aromatic carbocycles. The van der Waals surface area contributed by atoms with Crippen LogP contribution in [-0.2, 0) is 9.59 Å². The number of piperidine rings is 1. The second-order valence-corrected chi connectivity index (χ2v) is 6.31. The number of aliphatic hydroxyl groups excluding tert-OH is 1. The quantitative estimate of drug-likeness (QED) is 0.856. The van der Waals surface area contributed by atoms with Crippen molar-refractivity contribution in [3.8, 4) is 0 Å². The van der Waals surface area contributed by atoms with Crippen LogP contribution in [0.3, 0.4) is 0 Å². The number of aliphatic hydroxyl groups is 1. The van der Waals surface area contributed by atoms with E-state index in [-0.39, 0.29) is 36.8 Å². The third kappa shape index (κ3) is 2.78. The van der Waals surface area contributed by atoms with Crippen LogP contribution in [0.2, 0.25) is 0 Å². The zero-order valence-electron chi connectivity index (χ0n) is 12.9. The topological polar surface area (TPSA) is 60.9 Å². The summed E-state index contributed by atoms with van der Waals surface area (Å²) in [6.45, 7) is 3.64. The van der Waals surface area contributed by atoms with Crippen LogP contribution in [0.25, 0.3) is 0 Å². The molecule has 2 heterocycles. The fourth-order valence-corrected chi connectivity index (χ4v) is 3.40. The molecule has 2 unspecified atom stereocenters. The maximum Gasteiger partial charge on any atom is 0.251 e. The van der Waals surface area contributed by atoms with Crippen LogP contribution in [0.5, 0.6) is 0 Å². The van der Waals surface area contributed by atoms with Gasteiger partial charge >= 0.3 is 0 Å². The third-order valence-corrected chi connectivity index (χ3v) is 4.66. The number of anilines is 1. The number of aryl methyl sites for hydroxylation is 1. The number of carbonyl (C=O) groups excluding carboxylic acids is 2. The highest BCUT2D eigenvalue weighted by Crippen LogP contribution is 2.28. The van der Waals surface area contributed by atoms with Crippen LogP contribution in [0.15, 0.2) is 24.3 Å². The van der Waals surface area contributed by atoms with Gasteiger partial charge in [-0.05, 0) is 44.4 Å². The number of rotatable bonds is 3. The first-order valence-electron chi connectivity index (χ1n) is 7.88. The Balaban J connectivity index is 1.77. The SMILES string of the molecule is Cc1ccc(N2C(=O)CC(N3CCCC(CO)C3)C2=O)cc1. The molecular formula is C17H22N2O3. The number of imide groups is 1. The average molecular weight is 302 g/mol. The molecule has 1 N–H and O–H groups in total. The standard InChI is InChI=1S/C17H22N2O3/c1-12-4-6-14(7-5-12)19-16(21)9-15(17(19)22)18-8-2-3-13(10-18)11-20/h4-7,13,15,20H,2-3,8-11H2,1H3. The molecule has 0 aliphatic carbocycles. The highest BCUT2D eigenvalue weighted by atomic mass is 16.3. The summed E-state index contributed by atoms with van der Waals surface area (Å²) in [5, 5.41) is 9.34. The van der Waals surface area contributed by atoms with Gasteiger partial charge in [0.1, 0.15) is 0 Å². The number of nitrogens with zero attached hydrogens (tertiary/aromatic N) is 2. The zero-order chi connectivity index (χ0) is 15.7. The summed E-state index contributed by atoms with van der Waals surface area (Å²) in [6, 6.07) is 7.08. The molecular weight excluding hydrogens is 280 g/mol. The van der Waals surface area contributed by atoms with E-state index in [9.17, 15) is 14.7 Å². The first-order valence-corrected chi connectivity index (χ1v) is 7.88. The van der Waals surface area contributed by atoms with Crippen LogP contribution >= 0.6 is 0 Å². The highest BCUT2D eigenvalue weighted by molar-refractivity contribution is 6.22. The molecule has 5 heteroatoms. The first kappa shape index (κ1) is 15.2. The Morgan fingerprint density at radius 3 is 2.64 bits per heavy atom. The Labute approximate surface area is 130 Å². The van der Waals surface area contributed by atoms with Crippen LogP contribution < -0.4 is 4.90 Å². The van der Waals surface area contributed by atoms with E-state index in [4.69, 9.17) is 0 Å². The van der Waals surface area contributed by atoms with E-state index >= 15 is 0 Å². The molecule has 0 saturated carbocycles. The Morgan fingerprint density at radius 2 is 1.95 bits per heavy atom. The number of amides is 2. The molecule has 2 amide bonds. The van der Waals surface area contributed by atoms with Crippen molar-refractivity contribution in [1.82, 2.24) is 4.90 Å². The molecule has 0 spiro atoms. The van der Waals surface area contributed by atoms with Crippen molar-refractivity contribution in [2.24, 2.45) is 5.92 Å². The molecule has 2 aliphatic heterocycles. The number of benzene rings is 1. The van der Waals surface area contributed by atoms with E-state index in [2.05, 4.69) is 4.90 Å². The van der Waals surface area contributed by atoms with E-state index in [0.717, 1.165) is 24.9 Å². The molecule has 22 heavy (non-hydrogen) atoms. The van der Waals surface area contributed by atoms with E-state index < -0.39 is 0 Å². The van der Waals surface area contributed by atoms with Crippen LogP contribution in [0.4, 0.5) is 5.69 Å². The fourth-order valence-electron chi connectivity index (χ4n) is 3.40. The Kier molecular flexibility index (Phi) is 4.27. The summed E-state index contributed by atoms with van der Waals surface area (Å²) in [5.74, 6) is -0.0532. The van der Waals surface area contributed by atoms with Gasteiger partial charge in [0.2, 0.25) is 5.91 Å². The summed E-state index contributed by atoms with van der Waals surface area (Å²) in [5.41, 5.74) is 1.75. The van der Waals surface area contributed by atoms with Gasteiger partial charge in [-0.25, -0.2) is 4.90 Å². The number of hydrogen-bond acceptors (Lipinski definition) is 4. The maximum absolute atomic E-state index is 12.7. The minimum atomic E-state index is -0.372. The van der Waals surface area contributed by atoms with Gasteiger partial charge in [-0.15, -0.1) is 0 Å². The maximum atomic E-state index is 12.7. The monoisotopic (exact) mass is 302 g/mol. The smallest absolute Gasteiger partial charge is 0.251 e. The van der Waals surface area contributed by atoms with Gasteiger partial charge in [0.05, 0.1) is 18.2 Å². The summed E-state index contributed by atoms with van der Waals surface area (Å²) >= 11 is 0. The molecule has 2 atom stereocenters. The van der Waals surface area contributed by atoms with Gasteiger partial charge in [0.25, 0.3) is 5.91 Å². The molecule has 118 valence electrons. The van der Waals surface area contributed by atoms with Gasteiger partial charge in [-0.2, -0.15) is 0 Å². The van der Waals surface area contributed by atoms with E-state index in [1.807, 2.05) is 31.2 Å². The van der Waals surface area contributed by atoms with E-state index in [0.29, 0.717) is 12.2 Å². The van der Waals surface area contributed by atoms with Gasteiger partial charge in [0, 0.05) is 13.2 Å². The summed E-state index contributed by atoms with van der Waals surface area (Å²) < 4.78 is 0. The molecule has 2 aliphatic rings. The fraction of sp³-hybridized carbons (Fsp3) is 0.529. The van der Waals surface area contributed by atoms with Crippen molar-refractivity contribution in [2.45, 2.75) is 32.2 Å². The van der Waals surface area contributed by atoms with Gasteiger partial charge < -0.3 is 5.11 Å². The van der Waals surface area contributed by atoms with Crippen LogP contribution in [0.1, 0.15) is 24.8 Å². The zero-order valence-corrected chi connectivity index (χ0v) is 12.9. The van der Waals surface area contributed by atoms with E-state index in [1.165, 1.54) is 4.90 Å². The highest BCUT2D eigenvalue weighted by Gasteiger charge is 2.43. The lowest BCUT2D eigenvalue weighted by Gasteiger charge is -2.34. The lowest BCUT2D eigenvalue weighted by molar-refractivity contribution is -0.123. The molecule has 3 rings (SSSR count). The lowest BCUT2D eigenvalue weighted by Crippen LogP contribution is -2.47. The van der Waals surface area contributed by atoms with Gasteiger partial charge in [-0.3, -0.25) is 14.5 Å². The van der Waals surface area contributed by atoms with E-state index in [1.54, 1.807) is 0 Å². The Bertz CT molecular complexity index is 570. The van der Waals surface area contributed by atoms with Gasteiger partial charge in [-0.1, -0.05) is 17.7 Å². The normalized spacial score (nSPS) is 26.7. The lowest BCUT2D eigenvalue weighted by atomic mass is 9.97. The molecule has 0 aromatic heterocycles.